The van der Waals surface area contributed by atoms with Crippen molar-refractivity contribution in [1.29, 1.82) is 0 Å². The van der Waals surface area contributed by atoms with Gasteiger partial charge in [-0.1, -0.05) is 0 Å². The van der Waals surface area contributed by atoms with Crippen LogP contribution in [0.25, 0.3) is 27.8 Å². The van der Waals surface area contributed by atoms with Crippen LogP contribution in [0.2, 0.25) is 0 Å². The molecule has 0 fully saturated rings. The first-order chi connectivity index (χ1) is 14.2. The number of ether oxygens (including phenoxy) is 1. The molecule has 7 nitrogen and oxygen atoms in total. The lowest BCUT2D eigenvalue weighted by Gasteiger charge is -2.11. The van der Waals surface area contributed by atoms with Crippen molar-refractivity contribution in [2.24, 2.45) is 7.05 Å². The number of rotatable bonds is 3. The predicted octanol–water partition coefficient (Wildman–Crippen LogP) is 3.60. The molecule has 29 heavy (non-hydrogen) atoms. The minimum atomic E-state index is -4.78. The van der Waals surface area contributed by atoms with E-state index in [1.165, 1.54) is 23.0 Å². The average Bonchev–Trinajstić information content (AvgIpc) is 3.32. The van der Waals surface area contributed by atoms with Crippen LogP contribution in [0.4, 0.5) is 17.6 Å². The highest BCUT2D eigenvalue weighted by molar-refractivity contribution is 5.90. The standard InChI is InChI=1S/C17H12F3N5O2.CH3F/c1-24-7-10(6-23-24)13-8-25(16(26)15-14(13)21-9-22-15)11-2-4-12(5-3-11)27-17(18,19)20;1-2/h2-9H,1H3,(H,21,22);1H3/i;1D. The normalized spacial score (nSPS) is 11.7. The van der Waals surface area contributed by atoms with Crippen LogP contribution in [0, 0.1) is 0 Å². The van der Waals surface area contributed by atoms with Crippen LogP contribution >= 0.6 is 0 Å². The van der Waals surface area contributed by atoms with Crippen molar-refractivity contribution in [3.8, 4) is 22.6 Å². The Morgan fingerprint density at radius 3 is 2.48 bits per heavy atom. The van der Waals surface area contributed by atoms with Gasteiger partial charge in [0.25, 0.3) is 5.56 Å². The number of benzene rings is 1. The predicted molar refractivity (Wildman–Crippen MR) is 97.6 cm³/mol. The maximum atomic E-state index is 12.8. The summed E-state index contributed by atoms with van der Waals surface area (Å²) in [4.78, 5) is 19.8. The summed E-state index contributed by atoms with van der Waals surface area (Å²) in [6.07, 6.45) is 1.64. The highest BCUT2D eigenvalue weighted by atomic mass is 19.4. The quantitative estimate of drug-likeness (QED) is 0.524. The Bertz CT molecular complexity index is 1200. The average molecular weight is 410 g/mol. The number of imidazole rings is 1. The van der Waals surface area contributed by atoms with E-state index in [2.05, 4.69) is 19.8 Å². The molecule has 1 N–H and O–H groups in total. The molecule has 0 aliphatic heterocycles. The molecule has 0 spiro atoms. The van der Waals surface area contributed by atoms with Gasteiger partial charge in [0.2, 0.25) is 0 Å². The third kappa shape index (κ3) is 4.13. The SMILES string of the molecule is Cn1cc(-c2cn(-c3ccc(OC(F)(F)F)cc3)c(=O)c3[nH]cnc23)cn1.[2H]CF. The summed E-state index contributed by atoms with van der Waals surface area (Å²) in [5.41, 5.74) is 2.19. The zero-order valence-electron chi connectivity index (χ0n) is 15.9. The van der Waals surface area contributed by atoms with E-state index in [9.17, 15) is 22.4 Å². The molecule has 0 radical (unpaired) electrons. The molecule has 1 aromatic carbocycles. The van der Waals surface area contributed by atoms with Gasteiger partial charge in [0.15, 0.2) is 0 Å². The van der Waals surface area contributed by atoms with Gasteiger partial charge in [0, 0.05) is 36.3 Å². The van der Waals surface area contributed by atoms with Crippen molar-refractivity contribution in [1.82, 2.24) is 24.3 Å². The number of H-pyrrole nitrogens is 1. The largest absolute Gasteiger partial charge is 0.573 e. The lowest BCUT2D eigenvalue weighted by molar-refractivity contribution is -0.274. The van der Waals surface area contributed by atoms with Gasteiger partial charge in [-0.05, 0) is 24.3 Å². The highest BCUT2D eigenvalue weighted by Crippen LogP contribution is 2.27. The number of alkyl halides is 4. The maximum Gasteiger partial charge on any atom is 0.573 e. The van der Waals surface area contributed by atoms with Crippen molar-refractivity contribution < 1.29 is 23.7 Å². The molecule has 4 rings (SSSR count). The molecule has 152 valence electrons. The fourth-order valence-electron chi connectivity index (χ4n) is 2.80. The summed E-state index contributed by atoms with van der Waals surface area (Å²) in [7, 11) is 0.765. The number of nitrogens with one attached hydrogen (secondary N) is 1. The van der Waals surface area contributed by atoms with Gasteiger partial charge in [-0.25, -0.2) is 4.98 Å². The third-order valence-corrected chi connectivity index (χ3v) is 3.95. The molecule has 0 aliphatic rings. The van der Waals surface area contributed by atoms with E-state index in [0.717, 1.165) is 17.7 Å². The van der Waals surface area contributed by atoms with Crippen molar-refractivity contribution >= 4 is 11.0 Å². The van der Waals surface area contributed by atoms with E-state index >= 15 is 0 Å². The monoisotopic (exact) mass is 410 g/mol. The van der Waals surface area contributed by atoms with Gasteiger partial charge in [-0.2, -0.15) is 5.10 Å². The Hall–Kier alpha value is -3.63. The molecule has 0 bridgehead atoms. The van der Waals surface area contributed by atoms with E-state index in [1.54, 1.807) is 30.3 Å². The second kappa shape index (κ2) is 7.78. The molecule has 3 aromatic heterocycles. The molecule has 11 heteroatoms. The van der Waals surface area contributed by atoms with E-state index in [0.29, 0.717) is 16.8 Å². The van der Waals surface area contributed by atoms with E-state index < -0.39 is 13.5 Å². The van der Waals surface area contributed by atoms with Gasteiger partial charge >= 0.3 is 6.36 Å². The summed E-state index contributed by atoms with van der Waals surface area (Å²) in [5.74, 6) is -0.366. The van der Waals surface area contributed by atoms with Crippen molar-refractivity contribution in [2.75, 3.05) is 7.15 Å². The molecule has 0 atom stereocenters. The first kappa shape index (κ1) is 18.7. The van der Waals surface area contributed by atoms with Crippen LogP contribution in [0.1, 0.15) is 1.37 Å². The summed E-state index contributed by atoms with van der Waals surface area (Å²) < 4.78 is 59.3. The number of halogens is 4. The van der Waals surface area contributed by atoms with Gasteiger partial charge < -0.3 is 9.72 Å². The Kier molecular flexibility index (Phi) is 5.02. The topological polar surface area (TPSA) is 77.7 Å². The first-order valence-electron chi connectivity index (χ1n) is 8.73. The van der Waals surface area contributed by atoms with Gasteiger partial charge in [-0.3, -0.25) is 18.4 Å². The number of hydrogen-bond acceptors (Lipinski definition) is 4. The Labute approximate surface area is 162 Å². The van der Waals surface area contributed by atoms with E-state index in [1.807, 2.05) is 0 Å². The number of fused-ring (bicyclic) bond motifs is 1. The van der Waals surface area contributed by atoms with E-state index in [-0.39, 0.29) is 16.8 Å². The number of hydrogen-bond donors (Lipinski definition) is 1. The van der Waals surface area contributed by atoms with Crippen LogP contribution in [0.3, 0.4) is 0 Å². The molecule has 0 saturated heterocycles. The second-order valence-electron chi connectivity index (χ2n) is 5.79. The van der Waals surface area contributed by atoms with Gasteiger partial charge in [0.1, 0.15) is 16.8 Å². The van der Waals surface area contributed by atoms with Gasteiger partial charge in [0.05, 0.1) is 21.0 Å². The zero-order valence-corrected chi connectivity index (χ0v) is 14.9. The van der Waals surface area contributed by atoms with Crippen LogP contribution in [0.5, 0.6) is 5.75 Å². The maximum absolute atomic E-state index is 12.8. The minimum absolute atomic E-state index is 0.284. The molecule has 0 unspecified atom stereocenters. The Morgan fingerprint density at radius 2 is 1.90 bits per heavy atom. The third-order valence-electron chi connectivity index (χ3n) is 3.95. The Morgan fingerprint density at radius 1 is 1.21 bits per heavy atom. The molecule has 0 amide bonds. The number of nitrogens with zero attached hydrogens (tertiary/aromatic N) is 4. The fourth-order valence-corrected chi connectivity index (χ4v) is 2.80. The lowest BCUT2D eigenvalue weighted by atomic mass is 10.1. The number of aromatic amines is 1. The van der Waals surface area contributed by atoms with Crippen LogP contribution in [-0.2, 0) is 7.05 Å². The highest BCUT2D eigenvalue weighted by Gasteiger charge is 2.31. The van der Waals surface area contributed by atoms with E-state index in [4.69, 9.17) is 1.37 Å². The fraction of sp³-hybridized carbons (Fsp3) is 0.167. The first-order valence-corrected chi connectivity index (χ1v) is 8.02. The lowest BCUT2D eigenvalue weighted by Crippen LogP contribution is -2.19. The summed E-state index contributed by atoms with van der Waals surface area (Å²) in [6.45, 7) is 0. The number of aryl methyl sites for hydroxylation is 1. The second-order valence-corrected chi connectivity index (χ2v) is 5.79. The zero-order chi connectivity index (χ0) is 21.9. The molecule has 4 aromatic rings. The molecule has 0 saturated carbocycles. The summed E-state index contributed by atoms with van der Waals surface area (Å²) in [6, 6.07) is 5.04. The molecular weight excluding hydrogens is 394 g/mol. The smallest absolute Gasteiger partial charge is 0.406 e. The van der Waals surface area contributed by atoms with Crippen molar-refractivity contribution in [3.63, 3.8) is 0 Å². The summed E-state index contributed by atoms with van der Waals surface area (Å²) in [5, 5.41) is 4.12. The Balaban J connectivity index is 0.000000806. The van der Waals surface area contributed by atoms with Crippen LogP contribution < -0.4 is 10.3 Å². The van der Waals surface area contributed by atoms with Crippen LogP contribution in [0.15, 0.2) is 54.0 Å². The van der Waals surface area contributed by atoms with Gasteiger partial charge in [-0.15, -0.1) is 13.2 Å². The number of aromatic nitrogens is 5. The van der Waals surface area contributed by atoms with Crippen molar-refractivity contribution in [2.45, 2.75) is 6.36 Å². The van der Waals surface area contributed by atoms with Crippen LogP contribution in [-0.4, -0.2) is 37.8 Å². The molecule has 0 aliphatic carbocycles. The minimum Gasteiger partial charge on any atom is -0.406 e. The molecular formula is C18H15F4N5O2. The number of pyridine rings is 1. The summed E-state index contributed by atoms with van der Waals surface area (Å²) >= 11 is 0. The van der Waals surface area contributed by atoms with Crippen molar-refractivity contribution in [3.05, 3.63) is 59.5 Å². The molecule has 3 heterocycles.